The standard InChI is InChI=1S/C35H38FN3O4S/c1-4-22-37-35(41)33(23-28-11-6-5-7-12-28)38(24-29-13-9-8-10-27(29)3)34(40)25-39(31-18-16-30(36)17-19-31)44(42,43)32-20-14-26(2)15-21-32/h5-21,33H,4,22-25H2,1-3H3,(H,37,41). The van der Waals surface area contributed by atoms with E-state index in [1.54, 1.807) is 12.1 Å². The van der Waals surface area contributed by atoms with Crippen molar-refractivity contribution >= 4 is 27.5 Å². The molecule has 0 aliphatic rings. The molecular weight excluding hydrogens is 577 g/mol. The zero-order valence-electron chi connectivity index (χ0n) is 25.2. The van der Waals surface area contributed by atoms with E-state index >= 15 is 0 Å². The predicted molar refractivity (Wildman–Crippen MR) is 171 cm³/mol. The Kier molecular flexibility index (Phi) is 10.9. The summed E-state index contributed by atoms with van der Waals surface area (Å²) >= 11 is 0. The molecule has 2 amide bonds. The van der Waals surface area contributed by atoms with Crippen LogP contribution in [0.2, 0.25) is 0 Å². The second-order valence-electron chi connectivity index (χ2n) is 10.7. The number of halogens is 1. The maximum atomic E-state index is 14.4. The Morgan fingerprint density at radius 1 is 0.841 bits per heavy atom. The molecular formula is C35H38FN3O4S. The van der Waals surface area contributed by atoms with Crippen LogP contribution < -0.4 is 9.62 Å². The molecule has 0 bridgehead atoms. The molecule has 0 aromatic heterocycles. The largest absolute Gasteiger partial charge is 0.354 e. The van der Waals surface area contributed by atoms with Crippen LogP contribution in [0, 0.1) is 19.7 Å². The van der Waals surface area contributed by atoms with Crippen LogP contribution in [0.3, 0.4) is 0 Å². The molecule has 0 heterocycles. The van der Waals surface area contributed by atoms with Gasteiger partial charge in [0.1, 0.15) is 18.4 Å². The van der Waals surface area contributed by atoms with Gasteiger partial charge in [-0.05, 0) is 73.4 Å². The molecule has 0 fully saturated rings. The predicted octanol–water partition coefficient (Wildman–Crippen LogP) is 5.80. The fraction of sp³-hybridized carbons (Fsp3) is 0.257. The number of rotatable bonds is 13. The monoisotopic (exact) mass is 615 g/mol. The summed E-state index contributed by atoms with van der Waals surface area (Å²) < 4.78 is 42.9. The van der Waals surface area contributed by atoms with E-state index in [1.807, 2.05) is 75.4 Å². The highest BCUT2D eigenvalue weighted by molar-refractivity contribution is 7.92. The van der Waals surface area contributed by atoms with Crippen molar-refractivity contribution in [2.45, 2.75) is 51.1 Å². The molecule has 0 radical (unpaired) electrons. The molecule has 9 heteroatoms. The molecule has 0 saturated heterocycles. The molecule has 0 aliphatic heterocycles. The zero-order valence-corrected chi connectivity index (χ0v) is 26.1. The van der Waals surface area contributed by atoms with Crippen LogP contribution in [0.15, 0.2) is 108 Å². The second-order valence-corrected chi connectivity index (χ2v) is 12.6. The summed E-state index contributed by atoms with van der Waals surface area (Å²) in [6.45, 7) is 5.63. The van der Waals surface area contributed by atoms with Crippen LogP contribution in [0.1, 0.15) is 35.6 Å². The lowest BCUT2D eigenvalue weighted by Gasteiger charge is -2.34. The van der Waals surface area contributed by atoms with Gasteiger partial charge in [0.25, 0.3) is 10.0 Å². The molecule has 0 spiro atoms. The number of nitrogens with zero attached hydrogens (tertiary/aromatic N) is 2. The third-order valence-corrected chi connectivity index (χ3v) is 9.21. The molecule has 1 atom stereocenters. The minimum atomic E-state index is -4.25. The number of carbonyl (C=O) groups excluding carboxylic acids is 2. The van der Waals surface area contributed by atoms with E-state index in [1.165, 1.54) is 29.2 Å². The van der Waals surface area contributed by atoms with Crippen molar-refractivity contribution in [3.05, 3.63) is 131 Å². The number of aryl methyl sites for hydroxylation is 2. The van der Waals surface area contributed by atoms with Crippen LogP contribution in [-0.4, -0.2) is 44.3 Å². The molecule has 1 N–H and O–H groups in total. The minimum Gasteiger partial charge on any atom is -0.354 e. The van der Waals surface area contributed by atoms with Crippen molar-refractivity contribution in [1.29, 1.82) is 0 Å². The molecule has 44 heavy (non-hydrogen) atoms. The van der Waals surface area contributed by atoms with Crippen molar-refractivity contribution in [3.63, 3.8) is 0 Å². The Bertz CT molecular complexity index is 1660. The molecule has 230 valence electrons. The van der Waals surface area contributed by atoms with E-state index in [2.05, 4.69) is 5.32 Å². The summed E-state index contributed by atoms with van der Waals surface area (Å²) in [6.07, 6.45) is 0.942. The third-order valence-electron chi connectivity index (χ3n) is 7.42. The summed E-state index contributed by atoms with van der Waals surface area (Å²) in [7, 11) is -4.25. The molecule has 1 unspecified atom stereocenters. The highest BCUT2D eigenvalue weighted by atomic mass is 32.2. The van der Waals surface area contributed by atoms with Crippen molar-refractivity contribution in [3.8, 4) is 0 Å². The maximum absolute atomic E-state index is 14.4. The van der Waals surface area contributed by atoms with Crippen LogP contribution in [0.25, 0.3) is 0 Å². The van der Waals surface area contributed by atoms with Crippen molar-refractivity contribution in [2.24, 2.45) is 0 Å². The second kappa shape index (κ2) is 14.8. The number of sulfonamides is 1. The van der Waals surface area contributed by atoms with Crippen LogP contribution in [-0.2, 0) is 32.6 Å². The Hall–Kier alpha value is -4.50. The first-order valence-electron chi connectivity index (χ1n) is 14.6. The first-order valence-corrected chi connectivity index (χ1v) is 16.0. The number of amides is 2. The fourth-order valence-corrected chi connectivity index (χ4v) is 6.28. The number of carbonyl (C=O) groups is 2. The average molecular weight is 616 g/mol. The molecule has 7 nitrogen and oxygen atoms in total. The van der Waals surface area contributed by atoms with Gasteiger partial charge in [0.05, 0.1) is 10.6 Å². The van der Waals surface area contributed by atoms with Crippen molar-refractivity contribution in [2.75, 3.05) is 17.4 Å². The fourth-order valence-electron chi connectivity index (χ4n) is 4.86. The first-order chi connectivity index (χ1) is 21.1. The quantitative estimate of drug-likeness (QED) is 0.206. The van der Waals surface area contributed by atoms with Gasteiger partial charge in [-0.1, -0.05) is 79.2 Å². The van der Waals surface area contributed by atoms with E-state index in [-0.39, 0.29) is 29.5 Å². The topological polar surface area (TPSA) is 86.8 Å². The van der Waals surface area contributed by atoms with Crippen LogP contribution in [0.5, 0.6) is 0 Å². The maximum Gasteiger partial charge on any atom is 0.264 e. The molecule has 4 rings (SSSR count). The Labute approximate surface area is 259 Å². The van der Waals surface area contributed by atoms with Gasteiger partial charge in [-0.25, -0.2) is 12.8 Å². The number of anilines is 1. The Morgan fingerprint density at radius 3 is 2.11 bits per heavy atom. The van der Waals surface area contributed by atoms with Crippen molar-refractivity contribution in [1.82, 2.24) is 10.2 Å². The normalized spacial score (nSPS) is 11.9. The number of nitrogens with one attached hydrogen (secondary N) is 1. The third kappa shape index (κ3) is 8.11. The van der Waals surface area contributed by atoms with Gasteiger partial charge in [0, 0.05) is 19.5 Å². The lowest BCUT2D eigenvalue weighted by atomic mass is 10.0. The van der Waals surface area contributed by atoms with E-state index in [0.717, 1.165) is 38.7 Å². The smallest absolute Gasteiger partial charge is 0.264 e. The minimum absolute atomic E-state index is 0.00722. The first kappa shape index (κ1) is 32.4. The SMILES string of the molecule is CCCNC(=O)C(Cc1ccccc1)N(Cc1ccccc1C)C(=O)CN(c1ccc(F)cc1)S(=O)(=O)c1ccc(C)cc1. The van der Waals surface area contributed by atoms with E-state index < -0.39 is 34.3 Å². The number of benzene rings is 4. The lowest BCUT2D eigenvalue weighted by Crippen LogP contribution is -2.53. The van der Waals surface area contributed by atoms with Gasteiger partial charge in [-0.3, -0.25) is 13.9 Å². The number of hydrogen-bond donors (Lipinski definition) is 1. The summed E-state index contributed by atoms with van der Waals surface area (Å²) in [6, 6.07) is 27.3. The highest BCUT2D eigenvalue weighted by Crippen LogP contribution is 2.26. The summed E-state index contributed by atoms with van der Waals surface area (Å²) in [5, 5.41) is 2.93. The van der Waals surface area contributed by atoms with Gasteiger partial charge >= 0.3 is 0 Å². The Morgan fingerprint density at radius 2 is 1.48 bits per heavy atom. The van der Waals surface area contributed by atoms with Crippen LogP contribution in [0.4, 0.5) is 10.1 Å². The van der Waals surface area contributed by atoms with Gasteiger partial charge in [-0.15, -0.1) is 0 Å². The summed E-state index contributed by atoms with van der Waals surface area (Å²) in [5.41, 5.74) is 3.62. The summed E-state index contributed by atoms with van der Waals surface area (Å²) in [4.78, 5) is 29.6. The van der Waals surface area contributed by atoms with E-state index in [9.17, 15) is 22.4 Å². The summed E-state index contributed by atoms with van der Waals surface area (Å²) in [5.74, 6) is -1.43. The van der Waals surface area contributed by atoms with Crippen LogP contribution >= 0.6 is 0 Å². The molecule has 4 aromatic rings. The van der Waals surface area contributed by atoms with Gasteiger partial charge in [0.2, 0.25) is 11.8 Å². The van der Waals surface area contributed by atoms with Gasteiger partial charge in [-0.2, -0.15) is 0 Å². The molecule has 0 saturated carbocycles. The zero-order chi connectivity index (χ0) is 31.7. The highest BCUT2D eigenvalue weighted by Gasteiger charge is 2.34. The number of hydrogen-bond acceptors (Lipinski definition) is 4. The Balaban J connectivity index is 1.80. The van der Waals surface area contributed by atoms with Gasteiger partial charge < -0.3 is 10.2 Å². The average Bonchev–Trinajstić information content (AvgIpc) is 3.02. The van der Waals surface area contributed by atoms with Crippen molar-refractivity contribution < 1.29 is 22.4 Å². The molecule has 0 aliphatic carbocycles. The van der Waals surface area contributed by atoms with E-state index in [4.69, 9.17) is 0 Å². The molecule has 4 aromatic carbocycles. The van der Waals surface area contributed by atoms with Gasteiger partial charge in [0.15, 0.2) is 0 Å². The van der Waals surface area contributed by atoms with E-state index in [0.29, 0.717) is 13.0 Å². The lowest BCUT2D eigenvalue weighted by molar-refractivity contribution is -0.140.